The van der Waals surface area contributed by atoms with Crippen molar-refractivity contribution in [1.29, 1.82) is 0 Å². The number of unbranched alkanes of at least 4 members (excludes halogenated alkanes) is 3. The number of aliphatic carboxylic acids is 1. The number of amides is 1. The molecule has 0 aliphatic carbocycles. The number of carboxylic acid groups (broad SMARTS) is 1. The maximum atomic E-state index is 13.8. The van der Waals surface area contributed by atoms with Gasteiger partial charge >= 0.3 is 5.97 Å². The highest BCUT2D eigenvalue weighted by atomic mass is 35.5. The second-order valence-corrected chi connectivity index (χ2v) is 10.4. The van der Waals surface area contributed by atoms with Crippen molar-refractivity contribution in [2.24, 2.45) is 7.05 Å². The molecule has 1 fully saturated rings. The Kier molecular flexibility index (Phi) is 8.40. The monoisotopic (exact) mass is 514 g/mol. The maximum Gasteiger partial charge on any atom is 0.305 e. The van der Waals surface area contributed by atoms with Crippen LogP contribution in [-0.4, -0.2) is 39.0 Å². The number of fused-ring (bicyclic) bond motifs is 1. The van der Waals surface area contributed by atoms with Crippen LogP contribution in [0.1, 0.15) is 66.6 Å². The Hall–Kier alpha value is -2.50. The van der Waals surface area contributed by atoms with Gasteiger partial charge in [-0.1, -0.05) is 48.2 Å². The lowest BCUT2D eigenvalue weighted by Gasteiger charge is -2.24. The lowest BCUT2D eigenvalue weighted by Crippen LogP contribution is -2.37. The number of carboxylic acids is 1. The smallest absolute Gasteiger partial charge is 0.305 e. The van der Waals surface area contributed by atoms with E-state index in [4.69, 9.17) is 23.2 Å². The molecule has 1 N–H and O–H groups in total. The third-order valence-electron chi connectivity index (χ3n) is 7.06. The fourth-order valence-electron chi connectivity index (χ4n) is 5.33. The largest absolute Gasteiger partial charge is 0.481 e. The molecule has 0 saturated carbocycles. The quantitative estimate of drug-likeness (QED) is 0.299. The van der Waals surface area contributed by atoms with Crippen molar-refractivity contribution in [2.75, 3.05) is 6.54 Å². The molecule has 1 aromatic heterocycles. The highest BCUT2D eigenvalue weighted by molar-refractivity contribution is 6.31. The molecule has 0 unspecified atom stereocenters. The average Bonchev–Trinajstić information content (AvgIpc) is 3.37. The number of hydrogen-bond donors (Lipinski definition) is 1. The van der Waals surface area contributed by atoms with E-state index in [1.807, 2.05) is 43.4 Å². The normalized spacial score (nSPS) is 15.7. The van der Waals surface area contributed by atoms with Crippen LogP contribution in [0.25, 0.3) is 10.9 Å². The van der Waals surface area contributed by atoms with Gasteiger partial charge < -0.3 is 14.6 Å². The molecule has 1 aliphatic rings. The summed E-state index contributed by atoms with van der Waals surface area (Å²) >= 11 is 12.4. The molecule has 7 heteroatoms. The van der Waals surface area contributed by atoms with E-state index in [0.717, 1.165) is 73.0 Å². The molecule has 5 nitrogen and oxygen atoms in total. The lowest BCUT2D eigenvalue weighted by atomic mass is 10.0. The maximum absolute atomic E-state index is 13.8. The van der Waals surface area contributed by atoms with Gasteiger partial charge in [0, 0.05) is 46.3 Å². The van der Waals surface area contributed by atoms with E-state index in [1.54, 1.807) is 4.90 Å². The number of benzene rings is 2. The number of carbonyl (C=O) groups excluding carboxylic acids is 1. The minimum absolute atomic E-state index is 0.0147. The van der Waals surface area contributed by atoms with Crippen molar-refractivity contribution in [3.63, 3.8) is 0 Å². The van der Waals surface area contributed by atoms with Crippen LogP contribution >= 0.6 is 23.2 Å². The Bertz CT molecular complexity index is 1220. The van der Waals surface area contributed by atoms with E-state index in [-0.39, 0.29) is 18.4 Å². The SMILES string of the molecule is Cn1c(CCCCCCc2cccc(Cl)c2)c(C(=O)N2CCC[C@H]2CC(=O)O)c2cc(Cl)ccc21. The number of hydrogen-bond acceptors (Lipinski definition) is 2. The summed E-state index contributed by atoms with van der Waals surface area (Å²) in [4.78, 5) is 26.9. The Morgan fingerprint density at radius 2 is 1.74 bits per heavy atom. The molecule has 1 atom stereocenters. The first-order valence-corrected chi connectivity index (χ1v) is 13.1. The molecule has 35 heavy (non-hydrogen) atoms. The van der Waals surface area contributed by atoms with Gasteiger partial charge in [0.25, 0.3) is 5.91 Å². The Labute approximate surface area is 216 Å². The van der Waals surface area contributed by atoms with Crippen LogP contribution in [0.15, 0.2) is 42.5 Å². The summed E-state index contributed by atoms with van der Waals surface area (Å²) in [7, 11) is 2.00. The summed E-state index contributed by atoms with van der Waals surface area (Å²) in [5, 5.41) is 11.5. The molecule has 1 aliphatic heterocycles. The van der Waals surface area contributed by atoms with E-state index in [2.05, 4.69) is 10.6 Å². The highest BCUT2D eigenvalue weighted by Gasteiger charge is 2.34. The lowest BCUT2D eigenvalue weighted by molar-refractivity contribution is -0.137. The summed E-state index contributed by atoms with van der Waals surface area (Å²) in [5.74, 6) is -0.939. The zero-order valence-corrected chi connectivity index (χ0v) is 21.6. The van der Waals surface area contributed by atoms with Crippen molar-refractivity contribution in [1.82, 2.24) is 9.47 Å². The van der Waals surface area contributed by atoms with Gasteiger partial charge in [-0.3, -0.25) is 9.59 Å². The van der Waals surface area contributed by atoms with Crippen molar-refractivity contribution in [3.8, 4) is 0 Å². The molecule has 0 bridgehead atoms. The summed E-state index contributed by atoms with van der Waals surface area (Å²) in [6.07, 6.45) is 7.60. The fourth-order valence-corrected chi connectivity index (χ4v) is 5.71. The third kappa shape index (κ3) is 6.02. The van der Waals surface area contributed by atoms with E-state index >= 15 is 0 Å². The molecule has 0 radical (unpaired) electrons. The fraction of sp³-hybridized carbons (Fsp3) is 0.429. The number of carbonyl (C=O) groups is 2. The number of nitrogens with zero attached hydrogens (tertiary/aromatic N) is 2. The molecular weight excluding hydrogens is 483 g/mol. The van der Waals surface area contributed by atoms with Crippen LogP contribution in [0.2, 0.25) is 10.0 Å². The van der Waals surface area contributed by atoms with E-state index < -0.39 is 5.97 Å². The molecule has 186 valence electrons. The van der Waals surface area contributed by atoms with Gasteiger partial charge in [0.15, 0.2) is 0 Å². The van der Waals surface area contributed by atoms with Crippen LogP contribution in [-0.2, 0) is 24.7 Å². The van der Waals surface area contributed by atoms with Crippen LogP contribution in [0.5, 0.6) is 0 Å². The third-order valence-corrected chi connectivity index (χ3v) is 7.53. The standard InChI is InChI=1S/C28H32Cl2N2O3/c1-31-24-14-13-21(30)17-23(24)27(28(35)32-15-7-11-22(32)18-26(33)34)25(31)12-5-3-2-4-8-19-9-6-10-20(29)16-19/h6,9-10,13-14,16-17,22H,2-5,7-8,11-12,15,18H2,1H3,(H,33,34)/t22-/m0/s1. The number of rotatable bonds is 10. The molecule has 1 saturated heterocycles. The van der Waals surface area contributed by atoms with Crippen LogP contribution in [0.4, 0.5) is 0 Å². The topological polar surface area (TPSA) is 62.5 Å². The number of likely N-dealkylation sites (tertiary alicyclic amines) is 1. The van der Waals surface area contributed by atoms with Gasteiger partial charge in [0.1, 0.15) is 0 Å². The van der Waals surface area contributed by atoms with Crippen molar-refractivity contribution in [3.05, 3.63) is 69.3 Å². The minimum Gasteiger partial charge on any atom is -0.481 e. The molecule has 0 spiro atoms. The molecule has 4 rings (SSSR count). The Morgan fingerprint density at radius 3 is 2.49 bits per heavy atom. The summed E-state index contributed by atoms with van der Waals surface area (Å²) in [5.41, 5.74) is 3.92. The first kappa shape index (κ1) is 25.6. The predicted octanol–water partition coefficient (Wildman–Crippen LogP) is 6.91. The Balaban J connectivity index is 1.48. The molecular formula is C28H32Cl2N2O3. The van der Waals surface area contributed by atoms with E-state index in [1.165, 1.54) is 5.56 Å². The van der Waals surface area contributed by atoms with E-state index in [0.29, 0.717) is 17.1 Å². The molecule has 2 heterocycles. The van der Waals surface area contributed by atoms with Crippen LogP contribution in [0, 0.1) is 0 Å². The second kappa shape index (κ2) is 11.5. The van der Waals surface area contributed by atoms with Crippen LogP contribution in [0.3, 0.4) is 0 Å². The zero-order valence-electron chi connectivity index (χ0n) is 20.1. The average molecular weight is 515 g/mol. The predicted molar refractivity (Wildman–Crippen MR) is 142 cm³/mol. The highest BCUT2D eigenvalue weighted by Crippen LogP contribution is 2.33. The van der Waals surface area contributed by atoms with Gasteiger partial charge in [-0.15, -0.1) is 0 Å². The second-order valence-electron chi connectivity index (χ2n) is 9.48. The molecule has 2 aromatic carbocycles. The molecule has 3 aromatic rings. The van der Waals surface area contributed by atoms with Gasteiger partial charge in [0.05, 0.1) is 12.0 Å². The Morgan fingerprint density at radius 1 is 1.00 bits per heavy atom. The van der Waals surface area contributed by atoms with Crippen LogP contribution < -0.4 is 0 Å². The molecule has 1 amide bonds. The van der Waals surface area contributed by atoms with Gasteiger partial charge in [-0.05, 0) is 74.4 Å². The number of aromatic nitrogens is 1. The van der Waals surface area contributed by atoms with E-state index in [9.17, 15) is 14.7 Å². The first-order valence-electron chi connectivity index (χ1n) is 12.4. The summed E-state index contributed by atoms with van der Waals surface area (Å²) < 4.78 is 2.10. The minimum atomic E-state index is -0.867. The zero-order chi connectivity index (χ0) is 24.9. The number of halogens is 2. The van der Waals surface area contributed by atoms with Crippen molar-refractivity contribution >= 4 is 46.0 Å². The van der Waals surface area contributed by atoms with Gasteiger partial charge in [-0.2, -0.15) is 0 Å². The van der Waals surface area contributed by atoms with Gasteiger partial charge in [0.2, 0.25) is 0 Å². The number of aryl methyl sites for hydroxylation is 2. The van der Waals surface area contributed by atoms with Crippen molar-refractivity contribution in [2.45, 2.75) is 63.8 Å². The van der Waals surface area contributed by atoms with Crippen molar-refractivity contribution < 1.29 is 14.7 Å². The first-order chi connectivity index (χ1) is 16.8. The summed E-state index contributed by atoms with van der Waals surface area (Å²) in [6.45, 7) is 0.594. The van der Waals surface area contributed by atoms with Gasteiger partial charge in [-0.25, -0.2) is 0 Å². The summed E-state index contributed by atoms with van der Waals surface area (Å²) in [6, 6.07) is 13.4.